The number of nitrogens with two attached hydrogens (primary N) is 2. The van der Waals surface area contributed by atoms with Gasteiger partial charge in [0.25, 0.3) is 0 Å². The zero-order chi connectivity index (χ0) is 13.3. The molecule has 0 amide bonds. The molecule has 1 aliphatic rings. The van der Waals surface area contributed by atoms with Gasteiger partial charge >= 0.3 is 0 Å². The van der Waals surface area contributed by atoms with E-state index in [9.17, 15) is 0 Å². The molecule has 3 nitrogen and oxygen atoms in total. The molecule has 1 atom stereocenters. The zero-order valence-electron chi connectivity index (χ0n) is 12.2. The Morgan fingerprint density at radius 3 is 2.29 bits per heavy atom. The smallest absolute Gasteiger partial charge is 0.174 e. The van der Waals surface area contributed by atoms with Crippen LogP contribution in [0.2, 0.25) is 32.2 Å². The molecule has 0 radical (unpaired) electrons. The Kier molecular flexibility index (Phi) is 4.64. The first-order valence-corrected chi connectivity index (χ1v) is 14.0. The SMILES string of the molecule is CCCCC(N)(N)C1CC[Si](C)(C)[Si](C)(C)O1. The lowest BCUT2D eigenvalue weighted by atomic mass is 9.96. The molecule has 0 aliphatic carbocycles. The molecule has 0 aromatic carbocycles. The van der Waals surface area contributed by atoms with E-state index in [1.165, 1.54) is 6.04 Å². The standard InChI is InChI=1S/C12H30N2OSi2/c1-6-7-9-12(13,14)11-8-10-16(2,3)17(4,5)15-11/h11H,6-10,13-14H2,1-5H3. The van der Waals surface area contributed by atoms with Crippen LogP contribution in [0.15, 0.2) is 0 Å². The fourth-order valence-electron chi connectivity index (χ4n) is 2.39. The highest BCUT2D eigenvalue weighted by molar-refractivity contribution is 7.38. The van der Waals surface area contributed by atoms with Gasteiger partial charge in [0.1, 0.15) is 0 Å². The monoisotopic (exact) mass is 274 g/mol. The topological polar surface area (TPSA) is 61.3 Å². The minimum absolute atomic E-state index is 0.0799. The third-order valence-electron chi connectivity index (χ3n) is 4.66. The Hall–Kier alpha value is 0.314. The summed E-state index contributed by atoms with van der Waals surface area (Å²) in [7, 11) is -2.72. The van der Waals surface area contributed by atoms with Gasteiger partial charge in [0, 0.05) is 0 Å². The van der Waals surface area contributed by atoms with Crippen LogP contribution in [-0.2, 0) is 4.43 Å². The van der Waals surface area contributed by atoms with Crippen molar-refractivity contribution in [2.75, 3.05) is 0 Å². The highest BCUT2D eigenvalue weighted by atomic mass is 29.3. The lowest BCUT2D eigenvalue weighted by Crippen LogP contribution is -2.69. The van der Waals surface area contributed by atoms with Crippen molar-refractivity contribution < 1.29 is 4.43 Å². The van der Waals surface area contributed by atoms with Crippen LogP contribution in [0.4, 0.5) is 0 Å². The summed E-state index contributed by atoms with van der Waals surface area (Å²) >= 11 is 0. The average molecular weight is 275 g/mol. The lowest BCUT2D eigenvalue weighted by Gasteiger charge is -2.49. The Balaban J connectivity index is 2.70. The van der Waals surface area contributed by atoms with Gasteiger partial charge in [-0.1, -0.05) is 38.9 Å². The van der Waals surface area contributed by atoms with Crippen molar-refractivity contribution in [3.8, 4) is 0 Å². The van der Waals surface area contributed by atoms with Gasteiger partial charge in [0.15, 0.2) is 7.83 Å². The fraction of sp³-hybridized carbons (Fsp3) is 1.00. The van der Waals surface area contributed by atoms with Gasteiger partial charge in [0.2, 0.25) is 0 Å². The Labute approximate surface area is 108 Å². The van der Waals surface area contributed by atoms with E-state index in [4.69, 9.17) is 15.9 Å². The molecule has 17 heavy (non-hydrogen) atoms. The maximum atomic E-state index is 6.40. The van der Waals surface area contributed by atoms with Crippen LogP contribution in [0, 0.1) is 0 Å². The second-order valence-electron chi connectivity index (χ2n) is 6.76. The van der Waals surface area contributed by atoms with E-state index in [1.807, 2.05) is 0 Å². The van der Waals surface area contributed by atoms with Crippen molar-refractivity contribution in [1.29, 1.82) is 0 Å². The number of hydrogen-bond donors (Lipinski definition) is 2. The van der Waals surface area contributed by atoms with E-state index in [0.717, 1.165) is 25.7 Å². The van der Waals surface area contributed by atoms with Crippen LogP contribution in [-0.4, -0.2) is 27.2 Å². The summed E-state index contributed by atoms with van der Waals surface area (Å²) in [6.07, 6.45) is 4.25. The van der Waals surface area contributed by atoms with Crippen LogP contribution < -0.4 is 11.5 Å². The van der Waals surface area contributed by atoms with Crippen molar-refractivity contribution in [3.05, 3.63) is 0 Å². The number of rotatable bonds is 4. The third kappa shape index (κ3) is 3.41. The molecule has 102 valence electrons. The van der Waals surface area contributed by atoms with Crippen LogP contribution in [0.5, 0.6) is 0 Å². The van der Waals surface area contributed by atoms with Crippen LogP contribution in [0.3, 0.4) is 0 Å². The molecule has 4 N–H and O–H groups in total. The Bertz CT molecular complexity index is 267. The van der Waals surface area contributed by atoms with Crippen molar-refractivity contribution in [3.63, 3.8) is 0 Å². The summed E-state index contributed by atoms with van der Waals surface area (Å²) in [5.74, 6) is 0. The summed E-state index contributed by atoms with van der Waals surface area (Å²) in [4.78, 5) is 0. The second kappa shape index (κ2) is 5.13. The van der Waals surface area contributed by atoms with Gasteiger partial charge < -0.3 is 15.9 Å². The summed E-state index contributed by atoms with van der Waals surface area (Å²) in [5.41, 5.74) is 11.9. The molecule has 0 spiro atoms. The molecule has 1 saturated heterocycles. The second-order valence-corrected chi connectivity index (χ2v) is 22.0. The van der Waals surface area contributed by atoms with E-state index >= 15 is 0 Å². The maximum Gasteiger partial charge on any atom is 0.174 e. The zero-order valence-corrected chi connectivity index (χ0v) is 14.2. The van der Waals surface area contributed by atoms with E-state index in [1.54, 1.807) is 0 Å². The molecular formula is C12H30N2OSi2. The first-order chi connectivity index (χ1) is 7.62. The van der Waals surface area contributed by atoms with Gasteiger partial charge in [0.05, 0.1) is 19.4 Å². The Morgan fingerprint density at radius 2 is 1.82 bits per heavy atom. The van der Waals surface area contributed by atoms with Gasteiger partial charge in [-0.15, -0.1) is 0 Å². The summed E-state index contributed by atoms with van der Waals surface area (Å²) in [6, 6.07) is 1.32. The summed E-state index contributed by atoms with van der Waals surface area (Å²) in [5, 5.41) is 0. The van der Waals surface area contributed by atoms with Crippen LogP contribution in [0.25, 0.3) is 0 Å². The average Bonchev–Trinajstić information content (AvgIpc) is 2.19. The van der Waals surface area contributed by atoms with Crippen molar-refractivity contribution in [2.24, 2.45) is 11.5 Å². The normalized spacial score (nSPS) is 28.1. The molecule has 0 bridgehead atoms. The predicted molar refractivity (Wildman–Crippen MR) is 79.9 cm³/mol. The van der Waals surface area contributed by atoms with Crippen LogP contribution >= 0.6 is 0 Å². The minimum Gasteiger partial charge on any atom is -0.414 e. The lowest BCUT2D eigenvalue weighted by molar-refractivity contribution is 0.0901. The molecule has 1 fully saturated rings. The van der Waals surface area contributed by atoms with Gasteiger partial charge in [-0.05, 0) is 25.9 Å². The summed E-state index contributed by atoms with van der Waals surface area (Å²) < 4.78 is 6.40. The van der Waals surface area contributed by atoms with E-state index in [0.29, 0.717) is 0 Å². The number of unbranched alkanes of at least 4 members (excludes halogenated alkanes) is 1. The molecule has 1 rings (SSSR count). The molecular weight excluding hydrogens is 244 g/mol. The van der Waals surface area contributed by atoms with Crippen LogP contribution in [0.1, 0.15) is 32.6 Å². The summed E-state index contributed by atoms with van der Waals surface area (Å²) in [6.45, 7) is 11.8. The van der Waals surface area contributed by atoms with Crippen molar-refractivity contribution >= 4 is 15.4 Å². The van der Waals surface area contributed by atoms with Gasteiger partial charge in [-0.25, -0.2) is 0 Å². The van der Waals surface area contributed by atoms with Gasteiger partial charge in [-0.3, -0.25) is 0 Å². The molecule has 5 heteroatoms. The van der Waals surface area contributed by atoms with E-state index in [-0.39, 0.29) is 6.10 Å². The highest BCUT2D eigenvalue weighted by Crippen LogP contribution is 2.36. The number of hydrogen-bond acceptors (Lipinski definition) is 3. The molecule has 1 unspecified atom stereocenters. The Morgan fingerprint density at radius 1 is 1.24 bits per heavy atom. The molecule has 0 saturated carbocycles. The molecule has 0 aromatic heterocycles. The molecule has 0 aromatic rings. The minimum atomic E-state index is -1.55. The maximum absolute atomic E-state index is 6.40. The first-order valence-electron chi connectivity index (χ1n) is 6.88. The van der Waals surface area contributed by atoms with Gasteiger partial charge in [-0.2, -0.15) is 0 Å². The van der Waals surface area contributed by atoms with E-state index < -0.39 is 21.1 Å². The molecule has 1 aliphatic heterocycles. The van der Waals surface area contributed by atoms with Crippen molar-refractivity contribution in [1.82, 2.24) is 0 Å². The largest absolute Gasteiger partial charge is 0.414 e. The molecule has 1 heterocycles. The predicted octanol–water partition coefficient (Wildman–Crippen LogP) is 2.57. The van der Waals surface area contributed by atoms with Crippen molar-refractivity contribution in [2.45, 2.75) is 76.6 Å². The quantitative estimate of drug-likeness (QED) is 0.612. The fourth-order valence-corrected chi connectivity index (χ4v) is 8.97. The third-order valence-corrected chi connectivity index (χ3v) is 21.2. The van der Waals surface area contributed by atoms with E-state index in [2.05, 4.69) is 33.1 Å². The first kappa shape index (κ1) is 15.4. The highest BCUT2D eigenvalue weighted by Gasteiger charge is 2.50.